The topological polar surface area (TPSA) is 116 Å². The molecule has 1 aromatic carbocycles. The minimum absolute atomic E-state index is 0.00646. The predicted molar refractivity (Wildman–Crippen MR) is 79.6 cm³/mol. The van der Waals surface area contributed by atoms with Crippen LogP contribution in [0.4, 0.5) is 5.69 Å². The van der Waals surface area contributed by atoms with Gasteiger partial charge in [0.2, 0.25) is 0 Å². The predicted octanol–water partition coefficient (Wildman–Crippen LogP) is 1.14. The molecule has 2 aromatic rings. The average Bonchev–Trinajstić information content (AvgIpc) is 2.48. The number of pyridine rings is 1. The Labute approximate surface area is 121 Å². The SMILES string of the molecule is CNC(=O)c1cc(Oc2ccc(N=C(N)N)cc2)ccn1. The molecule has 0 saturated heterocycles. The zero-order valence-corrected chi connectivity index (χ0v) is 11.4. The summed E-state index contributed by atoms with van der Waals surface area (Å²) in [4.78, 5) is 19.4. The fourth-order valence-corrected chi connectivity index (χ4v) is 1.60. The number of aliphatic imine (C=N–C) groups is 1. The molecule has 0 saturated carbocycles. The highest BCUT2D eigenvalue weighted by Crippen LogP contribution is 2.24. The van der Waals surface area contributed by atoms with Crippen LogP contribution in [-0.2, 0) is 0 Å². The van der Waals surface area contributed by atoms with Crippen molar-refractivity contribution in [1.29, 1.82) is 0 Å². The van der Waals surface area contributed by atoms with Gasteiger partial charge in [0.1, 0.15) is 17.2 Å². The first-order chi connectivity index (χ1) is 10.1. The Morgan fingerprint density at radius 3 is 2.52 bits per heavy atom. The number of nitrogens with one attached hydrogen (secondary N) is 1. The van der Waals surface area contributed by atoms with Crippen LogP contribution >= 0.6 is 0 Å². The minimum atomic E-state index is -0.274. The number of rotatable bonds is 4. The van der Waals surface area contributed by atoms with Crippen LogP contribution < -0.4 is 21.5 Å². The third-order valence-electron chi connectivity index (χ3n) is 2.52. The number of benzene rings is 1. The van der Waals surface area contributed by atoms with Gasteiger partial charge in [-0.2, -0.15) is 0 Å². The molecule has 0 aliphatic heterocycles. The number of aromatic nitrogens is 1. The number of nitrogens with two attached hydrogens (primary N) is 2. The number of hydrogen-bond acceptors (Lipinski definition) is 4. The first-order valence-electron chi connectivity index (χ1n) is 6.14. The summed E-state index contributed by atoms with van der Waals surface area (Å²) in [5.74, 6) is 0.827. The van der Waals surface area contributed by atoms with Crippen LogP contribution in [0.5, 0.6) is 11.5 Å². The van der Waals surface area contributed by atoms with Gasteiger partial charge in [-0.3, -0.25) is 9.78 Å². The molecule has 0 atom stereocenters. The van der Waals surface area contributed by atoms with E-state index in [0.717, 1.165) is 0 Å². The maximum absolute atomic E-state index is 11.5. The zero-order valence-electron chi connectivity index (χ0n) is 11.4. The molecule has 1 aromatic heterocycles. The van der Waals surface area contributed by atoms with Gasteiger partial charge in [0.05, 0.1) is 5.69 Å². The first kappa shape index (κ1) is 14.3. The van der Waals surface area contributed by atoms with Gasteiger partial charge in [-0.15, -0.1) is 0 Å². The molecule has 108 valence electrons. The maximum atomic E-state index is 11.5. The van der Waals surface area contributed by atoms with Crippen molar-refractivity contribution in [2.75, 3.05) is 7.05 Å². The van der Waals surface area contributed by atoms with Crippen LogP contribution in [-0.4, -0.2) is 23.9 Å². The number of hydrogen-bond donors (Lipinski definition) is 3. The molecular formula is C14H15N5O2. The van der Waals surface area contributed by atoms with Crippen molar-refractivity contribution in [3.63, 3.8) is 0 Å². The Morgan fingerprint density at radius 1 is 1.19 bits per heavy atom. The van der Waals surface area contributed by atoms with E-state index in [4.69, 9.17) is 16.2 Å². The first-order valence-corrected chi connectivity index (χ1v) is 6.14. The number of nitrogens with zero attached hydrogens (tertiary/aromatic N) is 2. The Morgan fingerprint density at radius 2 is 1.90 bits per heavy atom. The molecule has 0 fully saturated rings. The molecule has 0 aliphatic carbocycles. The molecule has 0 aliphatic rings. The average molecular weight is 285 g/mol. The quantitative estimate of drug-likeness (QED) is 0.575. The van der Waals surface area contributed by atoms with E-state index in [9.17, 15) is 4.79 Å². The smallest absolute Gasteiger partial charge is 0.269 e. The number of ether oxygens (including phenoxy) is 1. The number of amides is 1. The van der Waals surface area contributed by atoms with E-state index in [1.807, 2.05) is 0 Å². The molecule has 0 bridgehead atoms. The molecule has 1 heterocycles. The molecule has 5 N–H and O–H groups in total. The lowest BCUT2D eigenvalue weighted by Crippen LogP contribution is -2.21. The molecule has 0 spiro atoms. The van der Waals surface area contributed by atoms with Crippen LogP contribution in [0.2, 0.25) is 0 Å². The zero-order chi connectivity index (χ0) is 15.2. The molecule has 1 amide bonds. The van der Waals surface area contributed by atoms with Gasteiger partial charge in [0, 0.05) is 19.3 Å². The van der Waals surface area contributed by atoms with Crippen LogP contribution in [0.15, 0.2) is 47.6 Å². The second-order valence-corrected chi connectivity index (χ2v) is 4.09. The van der Waals surface area contributed by atoms with Crippen molar-refractivity contribution < 1.29 is 9.53 Å². The molecule has 0 unspecified atom stereocenters. The molecule has 21 heavy (non-hydrogen) atoms. The summed E-state index contributed by atoms with van der Waals surface area (Å²) >= 11 is 0. The number of carbonyl (C=O) groups is 1. The third-order valence-corrected chi connectivity index (χ3v) is 2.52. The molecule has 7 heteroatoms. The van der Waals surface area contributed by atoms with Gasteiger partial charge in [-0.1, -0.05) is 0 Å². The molecule has 0 radical (unpaired) electrons. The third kappa shape index (κ3) is 3.93. The monoisotopic (exact) mass is 285 g/mol. The summed E-state index contributed by atoms with van der Waals surface area (Å²) in [6.07, 6.45) is 1.51. The Hall–Kier alpha value is -3.09. The van der Waals surface area contributed by atoms with Crippen LogP contribution in [0.1, 0.15) is 10.5 Å². The normalized spacial score (nSPS) is 9.76. The second kappa shape index (κ2) is 6.38. The van der Waals surface area contributed by atoms with Gasteiger partial charge >= 0.3 is 0 Å². The highest BCUT2D eigenvalue weighted by molar-refractivity contribution is 5.92. The van der Waals surface area contributed by atoms with Crippen molar-refractivity contribution in [1.82, 2.24) is 10.3 Å². The van der Waals surface area contributed by atoms with Crippen LogP contribution in [0, 0.1) is 0 Å². The summed E-state index contributed by atoms with van der Waals surface area (Å²) in [5.41, 5.74) is 11.5. The van der Waals surface area contributed by atoms with Crippen LogP contribution in [0.3, 0.4) is 0 Å². The van der Waals surface area contributed by atoms with E-state index in [1.54, 1.807) is 43.4 Å². The van der Waals surface area contributed by atoms with E-state index in [0.29, 0.717) is 17.2 Å². The van der Waals surface area contributed by atoms with Gasteiger partial charge in [-0.05, 0) is 30.3 Å². The van der Waals surface area contributed by atoms with Gasteiger partial charge in [0.15, 0.2) is 5.96 Å². The van der Waals surface area contributed by atoms with Crippen molar-refractivity contribution >= 4 is 17.6 Å². The van der Waals surface area contributed by atoms with E-state index in [1.165, 1.54) is 6.20 Å². The lowest BCUT2D eigenvalue weighted by Gasteiger charge is -2.07. The fourth-order valence-electron chi connectivity index (χ4n) is 1.60. The van der Waals surface area contributed by atoms with E-state index in [2.05, 4.69) is 15.3 Å². The van der Waals surface area contributed by atoms with Crippen LogP contribution in [0.25, 0.3) is 0 Å². The number of guanidine groups is 1. The summed E-state index contributed by atoms with van der Waals surface area (Å²) in [7, 11) is 1.54. The largest absolute Gasteiger partial charge is 0.457 e. The lowest BCUT2D eigenvalue weighted by molar-refractivity contribution is 0.0958. The lowest BCUT2D eigenvalue weighted by atomic mass is 10.3. The molecule has 2 rings (SSSR count). The Bertz CT molecular complexity index is 663. The maximum Gasteiger partial charge on any atom is 0.269 e. The summed E-state index contributed by atoms with van der Waals surface area (Å²) in [6.45, 7) is 0. The highest BCUT2D eigenvalue weighted by atomic mass is 16.5. The van der Waals surface area contributed by atoms with Crippen molar-refractivity contribution in [2.24, 2.45) is 16.5 Å². The summed E-state index contributed by atoms with van der Waals surface area (Å²) in [6, 6.07) is 10.1. The Balaban J connectivity index is 2.15. The van der Waals surface area contributed by atoms with E-state index >= 15 is 0 Å². The van der Waals surface area contributed by atoms with E-state index in [-0.39, 0.29) is 17.6 Å². The minimum Gasteiger partial charge on any atom is -0.457 e. The second-order valence-electron chi connectivity index (χ2n) is 4.09. The molecular weight excluding hydrogens is 270 g/mol. The fraction of sp³-hybridized carbons (Fsp3) is 0.0714. The Kier molecular flexibility index (Phi) is 4.35. The summed E-state index contributed by atoms with van der Waals surface area (Å²) in [5, 5.41) is 2.50. The van der Waals surface area contributed by atoms with Crippen molar-refractivity contribution in [3.05, 3.63) is 48.3 Å². The highest BCUT2D eigenvalue weighted by Gasteiger charge is 2.06. The van der Waals surface area contributed by atoms with Crippen molar-refractivity contribution in [2.45, 2.75) is 0 Å². The van der Waals surface area contributed by atoms with Gasteiger partial charge in [-0.25, -0.2) is 4.99 Å². The van der Waals surface area contributed by atoms with Gasteiger partial charge < -0.3 is 21.5 Å². The standard InChI is InChI=1S/C14H15N5O2/c1-17-13(20)12-8-11(6-7-18-12)21-10-4-2-9(3-5-10)19-14(15)16/h2-8H,1H3,(H,17,20)(H4,15,16,19). The number of carbonyl (C=O) groups excluding carboxylic acids is 1. The van der Waals surface area contributed by atoms with Gasteiger partial charge in [0.25, 0.3) is 5.91 Å². The molecule has 7 nitrogen and oxygen atoms in total. The van der Waals surface area contributed by atoms with E-state index < -0.39 is 0 Å². The van der Waals surface area contributed by atoms with Crippen molar-refractivity contribution in [3.8, 4) is 11.5 Å². The summed E-state index contributed by atoms with van der Waals surface area (Å²) < 4.78 is 5.64.